The Labute approximate surface area is 125 Å². The predicted octanol–water partition coefficient (Wildman–Crippen LogP) is 4.14. The van der Waals surface area contributed by atoms with Crippen LogP contribution in [0, 0.1) is 5.92 Å². The molecule has 1 amide bonds. The summed E-state index contributed by atoms with van der Waals surface area (Å²) in [6.07, 6.45) is 1.78. The van der Waals surface area contributed by atoms with Gasteiger partial charge < -0.3 is 9.64 Å². The summed E-state index contributed by atoms with van der Waals surface area (Å²) < 4.78 is 5.41. The van der Waals surface area contributed by atoms with E-state index in [9.17, 15) is 4.79 Å². The van der Waals surface area contributed by atoms with E-state index in [0.717, 1.165) is 31.0 Å². The molecule has 0 bridgehead atoms. The molecule has 0 aliphatic carbocycles. The van der Waals surface area contributed by atoms with Crippen molar-refractivity contribution < 1.29 is 9.53 Å². The average Bonchev–Trinajstić information content (AvgIpc) is 2.75. The minimum atomic E-state index is -0.428. The van der Waals surface area contributed by atoms with Crippen LogP contribution in [0.25, 0.3) is 0 Å². The number of hydrogen-bond acceptors (Lipinski definition) is 2. The van der Waals surface area contributed by atoms with Crippen LogP contribution in [0.5, 0.6) is 0 Å². The first-order chi connectivity index (χ1) is 9.33. The fourth-order valence-corrected chi connectivity index (χ4v) is 2.70. The van der Waals surface area contributed by atoms with Crippen LogP contribution in [0.2, 0.25) is 5.02 Å². The van der Waals surface area contributed by atoms with Crippen molar-refractivity contribution in [1.82, 2.24) is 4.90 Å². The summed E-state index contributed by atoms with van der Waals surface area (Å²) in [5.41, 5.74) is 0.802. The summed E-state index contributed by atoms with van der Waals surface area (Å²) in [6.45, 7) is 7.22. The first-order valence-electron chi connectivity index (χ1n) is 7.06. The summed E-state index contributed by atoms with van der Waals surface area (Å²) in [6, 6.07) is 7.94. The van der Waals surface area contributed by atoms with Gasteiger partial charge in [0.25, 0.3) is 0 Å². The predicted molar refractivity (Wildman–Crippen MR) is 81.1 cm³/mol. The summed E-state index contributed by atoms with van der Waals surface area (Å²) in [5, 5.41) is 0.768. The number of ether oxygens (including phenoxy) is 1. The van der Waals surface area contributed by atoms with E-state index in [2.05, 4.69) is 6.07 Å². The third kappa shape index (κ3) is 4.41. The lowest BCUT2D eigenvalue weighted by atomic mass is 9.99. The van der Waals surface area contributed by atoms with Crippen LogP contribution < -0.4 is 0 Å². The Kier molecular flexibility index (Phi) is 4.59. The van der Waals surface area contributed by atoms with Gasteiger partial charge in [-0.3, -0.25) is 0 Å². The Morgan fingerprint density at radius 1 is 1.45 bits per heavy atom. The number of amides is 1. The molecule has 0 spiro atoms. The summed E-state index contributed by atoms with van der Waals surface area (Å²) in [7, 11) is 0. The lowest BCUT2D eigenvalue weighted by molar-refractivity contribution is 0.0288. The van der Waals surface area contributed by atoms with Crippen molar-refractivity contribution in [1.29, 1.82) is 0 Å². The smallest absolute Gasteiger partial charge is 0.410 e. The first-order valence-corrected chi connectivity index (χ1v) is 7.44. The van der Waals surface area contributed by atoms with Crippen LogP contribution in [0.1, 0.15) is 32.8 Å². The van der Waals surface area contributed by atoms with Crippen LogP contribution >= 0.6 is 11.6 Å². The molecular formula is C16H22ClNO2. The second kappa shape index (κ2) is 6.04. The standard InChI is InChI=1S/C16H22ClNO2/c1-16(2,3)20-15(19)18-8-7-13(11-18)9-12-5-4-6-14(17)10-12/h4-6,10,13H,7-9,11H2,1-3H3. The van der Waals surface area contributed by atoms with Crippen LogP contribution in [-0.2, 0) is 11.2 Å². The molecule has 1 aromatic rings. The number of nitrogens with zero attached hydrogens (tertiary/aromatic N) is 1. The third-order valence-electron chi connectivity index (χ3n) is 3.35. The fourth-order valence-electron chi connectivity index (χ4n) is 2.49. The van der Waals surface area contributed by atoms with Gasteiger partial charge in [-0.2, -0.15) is 0 Å². The van der Waals surface area contributed by atoms with Crippen molar-refractivity contribution in [3.8, 4) is 0 Å². The highest BCUT2D eigenvalue weighted by molar-refractivity contribution is 6.30. The van der Waals surface area contributed by atoms with E-state index in [4.69, 9.17) is 16.3 Å². The molecule has 2 rings (SSSR count). The second-order valence-corrected chi connectivity index (χ2v) is 6.85. The number of halogens is 1. The molecule has 1 aliphatic rings. The maximum atomic E-state index is 12.0. The normalized spacial score (nSPS) is 19.2. The monoisotopic (exact) mass is 295 g/mol. The summed E-state index contributed by atoms with van der Waals surface area (Å²) in [5.74, 6) is 0.487. The van der Waals surface area contributed by atoms with Gasteiger partial charge in [-0.25, -0.2) is 4.79 Å². The highest BCUT2D eigenvalue weighted by atomic mass is 35.5. The Hall–Kier alpha value is -1.22. The van der Waals surface area contributed by atoms with Gasteiger partial charge >= 0.3 is 6.09 Å². The minimum absolute atomic E-state index is 0.203. The number of likely N-dealkylation sites (tertiary alicyclic amines) is 1. The van der Waals surface area contributed by atoms with E-state index in [1.807, 2.05) is 39.0 Å². The van der Waals surface area contributed by atoms with Gasteiger partial charge in [-0.1, -0.05) is 23.7 Å². The van der Waals surface area contributed by atoms with Gasteiger partial charge in [-0.05, 0) is 57.2 Å². The Balaban J connectivity index is 1.88. The van der Waals surface area contributed by atoms with Gasteiger partial charge in [0.05, 0.1) is 0 Å². The number of benzene rings is 1. The largest absolute Gasteiger partial charge is 0.444 e. The lowest BCUT2D eigenvalue weighted by Gasteiger charge is -2.24. The third-order valence-corrected chi connectivity index (χ3v) is 3.59. The molecule has 1 fully saturated rings. The van der Waals surface area contributed by atoms with Crippen LogP contribution in [0.15, 0.2) is 24.3 Å². The molecule has 110 valence electrons. The highest BCUT2D eigenvalue weighted by Crippen LogP contribution is 2.23. The second-order valence-electron chi connectivity index (χ2n) is 6.42. The molecule has 0 saturated carbocycles. The molecule has 0 N–H and O–H groups in total. The quantitative estimate of drug-likeness (QED) is 0.820. The summed E-state index contributed by atoms with van der Waals surface area (Å²) >= 11 is 6.00. The molecule has 1 aliphatic heterocycles. The number of carbonyl (C=O) groups excluding carboxylic acids is 1. The minimum Gasteiger partial charge on any atom is -0.444 e. The van der Waals surface area contributed by atoms with Crippen molar-refractivity contribution in [3.63, 3.8) is 0 Å². The SMILES string of the molecule is CC(C)(C)OC(=O)N1CCC(Cc2cccc(Cl)c2)C1. The van der Waals surface area contributed by atoms with E-state index < -0.39 is 5.60 Å². The van der Waals surface area contributed by atoms with E-state index in [1.54, 1.807) is 4.90 Å². The lowest BCUT2D eigenvalue weighted by Crippen LogP contribution is -2.35. The van der Waals surface area contributed by atoms with Crippen molar-refractivity contribution in [2.75, 3.05) is 13.1 Å². The Morgan fingerprint density at radius 2 is 2.20 bits per heavy atom. The Bertz CT molecular complexity index is 482. The molecular weight excluding hydrogens is 274 g/mol. The van der Waals surface area contributed by atoms with Crippen LogP contribution in [0.4, 0.5) is 4.79 Å². The molecule has 1 unspecified atom stereocenters. The number of hydrogen-bond donors (Lipinski definition) is 0. The maximum absolute atomic E-state index is 12.0. The van der Waals surface area contributed by atoms with Crippen molar-refractivity contribution in [2.24, 2.45) is 5.92 Å². The van der Waals surface area contributed by atoms with Gasteiger partial charge in [0.15, 0.2) is 0 Å². The maximum Gasteiger partial charge on any atom is 0.410 e. The van der Waals surface area contributed by atoms with Crippen molar-refractivity contribution >= 4 is 17.7 Å². The van der Waals surface area contributed by atoms with Crippen molar-refractivity contribution in [3.05, 3.63) is 34.9 Å². The topological polar surface area (TPSA) is 29.5 Å². The van der Waals surface area contributed by atoms with E-state index >= 15 is 0 Å². The molecule has 1 saturated heterocycles. The zero-order valence-corrected chi connectivity index (χ0v) is 13.1. The van der Waals surface area contributed by atoms with Crippen LogP contribution in [-0.4, -0.2) is 29.7 Å². The first kappa shape index (κ1) is 15.2. The molecule has 1 atom stereocenters. The number of carbonyl (C=O) groups is 1. The van der Waals surface area contributed by atoms with Gasteiger partial charge in [0.2, 0.25) is 0 Å². The Morgan fingerprint density at radius 3 is 2.85 bits per heavy atom. The van der Waals surface area contributed by atoms with E-state index in [-0.39, 0.29) is 6.09 Å². The average molecular weight is 296 g/mol. The van der Waals surface area contributed by atoms with Crippen molar-refractivity contribution in [2.45, 2.75) is 39.2 Å². The van der Waals surface area contributed by atoms with E-state index in [0.29, 0.717) is 5.92 Å². The van der Waals surface area contributed by atoms with E-state index in [1.165, 1.54) is 5.56 Å². The molecule has 0 radical (unpaired) electrons. The molecule has 3 nitrogen and oxygen atoms in total. The fraction of sp³-hybridized carbons (Fsp3) is 0.562. The highest BCUT2D eigenvalue weighted by Gasteiger charge is 2.29. The molecule has 1 aromatic carbocycles. The van der Waals surface area contributed by atoms with Crippen LogP contribution in [0.3, 0.4) is 0 Å². The van der Waals surface area contributed by atoms with Gasteiger partial charge in [-0.15, -0.1) is 0 Å². The van der Waals surface area contributed by atoms with Gasteiger partial charge in [0, 0.05) is 18.1 Å². The molecule has 4 heteroatoms. The summed E-state index contributed by atoms with van der Waals surface area (Å²) in [4.78, 5) is 13.8. The zero-order valence-electron chi connectivity index (χ0n) is 12.4. The molecule has 0 aromatic heterocycles. The molecule has 1 heterocycles. The molecule has 20 heavy (non-hydrogen) atoms. The van der Waals surface area contributed by atoms with Gasteiger partial charge in [0.1, 0.15) is 5.60 Å². The zero-order chi connectivity index (χ0) is 14.8. The number of rotatable bonds is 2.